The van der Waals surface area contributed by atoms with E-state index in [2.05, 4.69) is 10.1 Å². The standard InChI is InChI=1S/C18H26N2O6S/c1-14-7-6-11-20(14)27(23,24)12-10-16(17(21)25-2)19-18(22)26-13-15-8-4-3-5-9-15/h3-5,8-9,14,16H,6-7,10-13H2,1-2H3,(H,19,22)/t14-,16+/m1/s1. The van der Waals surface area contributed by atoms with Gasteiger partial charge < -0.3 is 14.8 Å². The molecule has 0 radical (unpaired) electrons. The van der Waals surface area contributed by atoms with Gasteiger partial charge in [0.25, 0.3) is 0 Å². The number of ether oxygens (including phenoxy) is 2. The molecule has 1 N–H and O–H groups in total. The number of esters is 1. The Morgan fingerprint density at radius 1 is 1.30 bits per heavy atom. The lowest BCUT2D eigenvalue weighted by molar-refractivity contribution is -0.143. The first-order chi connectivity index (χ1) is 12.8. The molecule has 1 aliphatic heterocycles. The molecule has 1 heterocycles. The Morgan fingerprint density at radius 3 is 2.59 bits per heavy atom. The largest absolute Gasteiger partial charge is 0.467 e. The fourth-order valence-corrected chi connectivity index (χ4v) is 4.83. The van der Waals surface area contributed by atoms with Gasteiger partial charge in [-0.15, -0.1) is 0 Å². The first-order valence-corrected chi connectivity index (χ1v) is 10.5. The van der Waals surface area contributed by atoms with Crippen molar-refractivity contribution in [2.75, 3.05) is 19.4 Å². The lowest BCUT2D eigenvalue weighted by Crippen LogP contribution is -2.44. The maximum atomic E-state index is 12.5. The van der Waals surface area contributed by atoms with E-state index >= 15 is 0 Å². The highest BCUT2D eigenvalue weighted by Gasteiger charge is 2.33. The fourth-order valence-electron chi connectivity index (χ4n) is 3.00. The highest BCUT2D eigenvalue weighted by atomic mass is 32.2. The Labute approximate surface area is 159 Å². The van der Waals surface area contributed by atoms with Gasteiger partial charge in [0.15, 0.2) is 0 Å². The van der Waals surface area contributed by atoms with Gasteiger partial charge in [-0.1, -0.05) is 30.3 Å². The van der Waals surface area contributed by atoms with E-state index in [9.17, 15) is 18.0 Å². The van der Waals surface area contributed by atoms with Gasteiger partial charge in [0.2, 0.25) is 10.0 Å². The summed E-state index contributed by atoms with van der Waals surface area (Å²) >= 11 is 0. The Balaban J connectivity index is 1.90. The van der Waals surface area contributed by atoms with Crippen molar-refractivity contribution >= 4 is 22.1 Å². The van der Waals surface area contributed by atoms with Crippen LogP contribution in [0.15, 0.2) is 30.3 Å². The predicted octanol–water partition coefficient (Wildman–Crippen LogP) is 1.66. The average Bonchev–Trinajstić information content (AvgIpc) is 3.10. The summed E-state index contributed by atoms with van der Waals surface area (Å²) in [6.45, 7) is 2.39. The zero-order chi connectivity index (χ0) is 19.9. The molecule has 150 valence electrons. The van der Waals surface area contributed by atoms with Crippen LogP contribution in [-0.4, -0.2) is 56.3 Å². The van der Waals surface area contributed by atoms with E-state index in [0.717, 1.165) is 18.4 Å². The van der Waals surface area contributed by atoms with Crippen molar-refractivity contribution in [1.29, 1.82) is 0 Å². The van der Waals surface area contributed by atoms with Crippen LogP contribution in [-0.2, 0) is 30.9 Å². The topological polar surface area (TPSA) is 102 Å². The number of carbonyl (C=O) groups is 2. The maximum Gasteiger partial charge on any atom is 0.408 e. The summed E-state index contributed by atoms with van der Waals surface area (Å²) in [6.07, 6.45) is 0.758. The molecule has 0 aliphatic carbocycles. The minimum atomic E-state index is -3.50. The van der Waals surface area contributed by atoms with E-state index < -0.39 is 28.1 Å². The van der Waals surface area contributed by atoms with Crippen LogP contribution in [0.2, 0.25) is 0 Å². The summed E-state index contributed by atoms with van der Waals surface area (Å²) in [7, 11) is -2.32. The number of alkyl carbamates (subject to hydrolysis) is 1. The molecule has 2 atom stereocenters. The summed E-state index contributed by atoms with van der Waals surface area (Å²) in [4.78, 5) is 23.9. The number of carbonyl (C=O) groups excluding carboxylic acids is 2. The molecule has 27 heavy (non-hydrogen) atoms. The van der Waals surface area contributed by atoms with Gasteiger partial charge in [0.1, 0.15) is 12.6 Å². The Kier molecular flexibility index (Phi) is 7.61. The van der Waals surface area contributed by atoms with Crippen LogP contribution in [0.5, 0.6) is 0 Å². The van der Waals surface area contributed by atoms with Crippen LogP contribution in [0, 0.1) is 0 Å². The van der Waals surface area contributed by atoms with Crippen molar-refractivity contribution < 1.29 is 27.5 Å². The molecule has 1 aromatic carbocycles. The summed E-state index contributed by atoms with van der Waals surface area (Å²) < 4.78 is 36.2. The summed E-state index contributed by atoms with van der Waals surface area (Å²) in [5, 5.41) is 2.39. The number of nitrogens with one attached hydrogen (secondary N) is 1. The van der Waals surface area contributed by atoms with Gasteiger partial charge in [-0.25, -0.2) is 18.0 Å². The van der Waals surface area contributed by atoms with Gasteiger partial charge in [-0.3, -0.25) is 0 Å². The van der Waals surface area contributed by atoms with Gasteiger partial charge in [-0.2, -0.15) is 4.31 Å². The van der Waals surface area contributed by atoms with E-state index in [1.54, 1.807) is 12.1 Å². The molecule has 9 heteroatoms. The van der Waals surface area contributed by atoms with Crippen molar-refractivity contribution in [1.82, 2.24) is 9.62 Å². The molecule has 0 saturated carbocycles. The third kappa shape index (κ3) is 6.21. The summed E-state index contributed by atoms with van der Waals surface area (Å²) in [5.74, 6) is -0.966. The second-order valence-corrected chi connectivity index (χ2v) is 8.53. The Morgan fingerprint density at radius 2 is 2.00 bits per heavy atom. The lowest BCUT2D eigenvalue weighted by atomic mass is 10.2. The van der Waals surface area contributed by atoms with Crippen molar-refractivity contribution in [3.63, 3.8) is 0 Å². The van der Waals surface area contributed by atoms with Crippen LogP contribution in [0.25, 0.3) is 0 Å². The monoisotopic (exact) mass is 398 g/mol. The van der Waals surface area contributed by atoms with E-state index in [0.29, 0.717) is 6.54 Å². The van der Waals surface area contributed by atoms with Crippen LogP contribution in [0.4, 0.5) is 4.79 Å². The lowest BCUT2D eigenvalue weighted by Gasteiger charge is -2.22. The van der Waals surface area contributed by atoms with Gasteiger partial charge in [0.05, 0.1) is 12.9 Å². The maximum absolute atomic E-state index is 12.5. The van der Waals surface area contributed by atoms with E-state index in [1.165, 1.54) is 11.4 Å². The molecule has 1 fully saturated rings. The zero-order valence-corrected chi connectivity index (χ0v) is 16.4. The molecule has 1 aromatic rings. The summed E-state index contributed by atoms with van der Waals surface area (Å²) in [5.41, 5.74) is 0.799. The average molecular weight is 398 g/mol. The number of hydrogen-bond donors (Lipinski definition) is 1. The number of sulfonamides is 1. The minimum Gasteiger partial charge on any atom is -0.467 e. The second kappa shape index (κ2) is 9.70. The van der Waals surface area contributed by atoms with Crippen molar-refractivity contribution in [3.8, 4) is 0 Å². The van der Waals surface area contributed by atoms with Crippen LogP contribution in [0.3, 0.4) is 0 Å². The molecule has 1 amide bonds. The van der Waals surface area contributed by atoms with Crippen LogP contribution in [0.1, 0.15) is 31.7 Å². The van der Waals surface area contributed by atoms with Crippen molar-refractivity contribution in [3.05, 3.63) is 35.9 Å². The van der Waals surface area contributed by atoms with Crippen molar-refractivity contribution in [2.24, 2.45) is 0 Å². The summed E-state index contributed by atoms with van der Waals surface area (Å²) in [6, 6.07) is 7.94. The predicted molar refractivity (Wildman–Crippen MR) is 99.4 cm³/mol. The first kappa shape index (κ1) is 21.2. The highest BCUT2D eigenvalue weighted by molar-refractivity contribution is 7.89. The quantitative estimate of drug-likeness (QED) is 0.668. The molecule has 1 saturated heterocycles. The molecule has 2 rings (SSSR count). The van der Waals surface area contributed by atoms with Crippen molar-refractivity contribution in [2.45, 2.75) is 44.9 Å². The number of benzene rings is 1. The number of rotatable bonds is 8. The SMILES string of the molecule is COC(=O)[C@H](CCS(=O)(=O)N1CCC[C@H]1C)NC(=O)OCc1ccccc1. The third-order valence-corrected chi connectivity index (χ3v) is 6.51. The molecule has 1 aliphatic rings. The molecular weight excluding hydrogens is 372 g/mol. The molecule has 0 bridgehead atoms. The van der Waals surface area contributed by atoms with E-state index in [-0.39, 0.29) is 24.8 Å². The third-order valence-electron chi connectivity index (χ3n) is 4.50. The Bertz CT molecular complexity index is 737. The Hall–Kier alpha value is -2.13. The van der Waals surface area contributed by atoms with E-state index in [4.69, 9.17) is 4.74 Å². The fraction of sp³-hybridized carbons (Fsp3) is 0.556. The number of amides is 1. The van der Waals surface area contributed by atoms with Gasteiger partial charge >= 0.3 is 12.1 Å². The molecule has 8 nitrogen and oxygen atoms in total. The second-order valence-electron chi connectivity index (χ2n) is 6.49. The van der Waals surface area contributed by atoms with Crippen LogP contribution >= 0.6 is 0 Å². The van der Waals surface area contributed by atoms with Crippen LogP contribution < -0.4 is 5.32 Å². The first-order valence-electron chi connectivity index (χ1n) is 8.88. The zero-order valence-electron chi connectivity index (χ0n) is 15.6. The molecule has 0 spiro atoms. The molecular formula is C18H26N2O6S. The molecule has 0 unspecified atom stereocenters. The highest BCUT2D eigenvalue weighted by Crippen LogP contribution is 2.21. The number of hydrogen-bond acceptors (Lipinski definition) is 6. The normalized spacial score (nSPS) is 18.7. The minimum absolute atomic E-state index is 0.0458. The number of nitrogens with zero attached hydrogens (tertiary/aromatic N) is 1. The molecule has 0 aromatic heterocycles. The van der Waals surface area contributed by atoms with Gasteiger partial charge in [-0.05, 0) is 31.7 Å². The van der Waals surface area contributed by atoms with Gasteiger partial charge in [0, 0.05) is 12.6 Å². The number of methoxy groups -OCH3 is 1. The van der Waals surface area contributed by atoms with E-state index in [1.807, 2.05) is 25.1 Å². The smallest absolute Gasteiger partial charge is 0.408 e.